The maximum absolute atomic E-state index is 11.9. The second-order valence-electron chi connectivity index (χ2n) is 3.85. The minimum absolute atomic E-state index is 0.563. The van der Waals surface area contributed by atoms with Gasteiger partial charge in [0.2, 0.25) is 0 Å². The molecule has 1 saturated heterocycles. The molecule has 3 N–H and O–H groups in total. The third-order valence-corrected chi connectivity index (χ3v) is 2.53. The van der Waals surface area contributed by atoms with Gasteiger partial charge in [0, 0.05) is 5.69 Å². The Morgan fingerprint density at radius 2 is 1.88 bits per heavy atom. The Bertz CT molecular complexity index is 486. The van der Waals surface area contributed by atoms with Crippen LogP contribution >= 0.6 is 0 Å². The van der Waals surface area contributed by atoms with Crippen molar-refractivity contribution in [3.05, 3.63) is 30.3 Å². The highest BCUT2D eigenvalue weighted by Gasteiger charge is 2.48. The van der Waals surface area contributed by atoms with Crippen LogP contribution in [-0.2, 0) is 9.59 Å². The molecule has 1 aliphatic rings. The lowest BCUT2D eigenvalue weighted by atomic mass is 10.0. The summed E-state index contributed by atoms with van der Waals surface area (Å²) in [7, 11) is 0. The zero-order chi connectivity index (χ0) is 12.5. The second-order valence-corrected chi connectivity index (χ2v) is 3.85. The predicted octanol–water partition coefficient (Wildman–Crippen LogP) is 0.223. The molecular formula is C11H11N3O3. The third-order valence-electron chi connectivity index (χ3n) is 2.53. The molecule has 0 radical (unpaired) electrons. The summed E-state index contributed by atoms with van der Waals surface area (Å²) < 4.78 is 0. The van der Waals surface area contributed by atoms with E-state index < -0.39 is 23.4 Å². The van der Waals surface area contributed by atoms with Crippen LogP contribution in [0, 0.1) is 0 Å². The molecule has 1 heterocycles. The molecule has 6 heteroatoms. The van der Waals surface area contributed by atoms with Gasteiger partial charge in [0.25, 0.3) is 11.8 Å². The van der Waals surface area contributed by atoms with Gasteiger partial charge in [-0.05, 0) is 19.1 Å². The Morgan fingerprint density at radius 1 is 1.24 bits per heavy atom. The van der Waals surface area contributed by atoms with Crippen LogP contribution in [-0.4, -0.2) is 23.4 Å². The van der Waals surface area contributed by atoms with Crippen molar-refractivity contribution in [2.24, 2.45) is 0 Å². The molecule has 2 rings (SSSR count). The standard InChI is InChI=1S/C11H11N3O3/c1-11(9(16)13-10(17)14-11)8(15)12-7-5-3-2-4-6-7/h2-6H,1H3,(H,12,15)(H2,13,14,16,17). The molecule has 17 heavy (non-hydrogen) atoms. The van der Waals surface area contributed by atoms with E-state index in [4.69, 9.17) is 0 Å². The Labute approximate surface area is 97.4 Å². The number of para-hydroxylation sites is 1. The summed E-state index contributed by atoms with van der Waals surface area (Å²) in [5.74, 6) is -1.23. The molecule has 0 aliphatic carbocycles. The maximum atomic E-state index is 11.9. The van der Waals surface area contributed by atoms with Crippen molar-refractivity contribution < 1.29 is 14.4 Å². The van der Waals surface area contributed by atoms with Gasteiger partial charge in [-0.3, -0.25) is 14.9 Å². The first-order chi connectivity index (χ1) is 8.02. The van der Waals surface area contributed by atoms with Gasteiger partial charge in [0.05, 0.1) is 0 Å². The SMILES string of the molecule is CC1(C(=O)Nc2ccccc2)NC(=O)NC1=O. The van der Waals surface area contributed by atoms with Crippen molar-refractivity contribution in [2.45, 2.75) is 12.5 Å². The fourth-order valence-electron chi connectivity index (χ4n) is 1.48. The molecule has 1 unspecified atom stereocenters. The topological polar surface area (TPSA) is 87.3 Å². The highest BCUT2D eigenvalue weighted by atomic mass is 16.2. The first-order valence-corrected chi connectivity index (χ1v) is 5.02. The van der Waals surface area contributed by atoms with E-state index in [1.54, 1.807) is 30.3 Å². The number of rotatable bonds is 2. The van der Waals surface area contributed by atoms with Crippen LogP contribution in [0.2, 0.25) is 0 Å². The molecule has 6 nitrogen and oxygen atoms in total. The summed E-state index contributed by atoms with van der Waals surface area (Å²) in [6, 6.07) is 8.03. The van der Waals surface area contributed by atoms with Crippen molar-refractivity contribution in [1.82, 2.24) is 10.6 Å². The van der Waals surface area contributed by atoms with Crippen LogP contribution in [0.4, 0.5) is 10.5 Å². The fourth-order valence-corrected chi connectivity index (χ4v) is 1.48. The molecule has 1 aliphatic heterocycles. The van der Waals surface area contributed by atoms with E-state index in [-0.39, 0.29) is 0 Å². The van der Waals surface area contributed by atoms with Gasteiger partial charge >= 0.3 is 6.03 Å². The lowest BCUT2D eigenvalue weighted by Gasteiger charge is -2.19. The highest BCUT2D eigenvalue weighted by Crippen LogP contribution is 2.14. The minimum Gasteiger partial charge on any atom is -0.324 e. The van der Waals surface area contributed by atoms with Gasteiger partial charge in [-0.1, -0.05) is 18.2 Å². The molecule has 1 aromatic carbocycles. The van der Waals surface area contributed by atoms with Crippen LogP contribution in [0.1, 0.15) is 6.92 Å². The van der Waals surface area contributed by atoms with Crippen LogP contribution in [0.5, 0.6) is 0 Å². The number of benzene rings is 1. The lowest BCUT2D eigenvalue weighted by molar-refractivity contribution is -0.132. The first-order valence-electron chi connectivity index (χ1n) is 5.02. The second kappa shape index (κ2) is 3.89. The van der Waals surface area contributed by atoms with Crippen LogP contribution < -0.4 is 16.0 Å². The van der Waals surface area contributed by atoms with Gasteiger partial charge in [0.15, 0.2) is 5.54 Å². The van der Waals surface area contributed by atoms with Crippen molar-refractivity contribution >= 4 is 23.5 Å². The summed E-state index contributed by atoms with van der Waals surface area (Å²) in [6.07, 6.45) is 0. The summed E-state index contributed by atoms with van der Waals surface area (Å²) in [5, 5.41) is 6.87. The Hall–Kier alpha value is -2.37. The average molecular weight is 233 g/mol. The van der Waals surface area contributed by atoms with Gasteiger partial charge in [0.1, 0.15) is 0 Å². The molecule has 1 atom stereocenters. The smallest absolute Gasteiger partial charge is 0.322 e. The van der Waals surface area contributed by atoms with E-state index in [0.29, 0.717) is 5.69 Å². The van der Waals surface area contributed by atoms with E-state index in [1.807, 2.05) is 5.32 Å². The zero-order valence-electron chi connectivity index (χ0n) is 9.11. The van der Waals surface area contributed by atoms with Crippen molar-refractivity contribution in [3.63, 3.8) is 0 Å². The zero-order valence-corrected chi connectivity index (χ0v) is 9.11. The van der Waals surface area contributed by atoms with Crippen LogP contribution in [0.15, 0.2) is 30.3 Å². The molecule has 0 aromatic heterocycles. The minimum atomic E-state index is -1.56. The average Bonchev–Trinajstić information content (AvgIpc) is 2.55. The number of urea groups is 1. The summed E-state index contributed by atoms with van der Waals surface area (Å²) in [5.41, 5.74) is -1.000. The number of carbonyl (C=O) groups is 3. The normalized spacial score (nSPS) is 22.9. The fraction of sp³-hybridized carbons (Fsp3) is 0.182. The molecule has 88 valence electrons. The van der Waals surface area contributed by atoms with E-state index >= 15 is 0 Å². The number of carbonyl (C=O) groups excluding carboxylic acids is 3. The third kappa shape index (κ3) is 1.96. The number of amides is 4. The number of hydrogen-bond donors (Lipinski definition) is 3. The quantitative estimate of drug-likeness (QED) is 0.504. The van der Waals surface area contributed by atoms with Crippen molar-refractivity contribution in [1.29, 1.82) is 0 Å². The van der Waals surface area contributed by atoms with Gasteiger partial charge in [-0.2, -0.15) is 0 Å². The first kappa shape index (κ1) is 11.1. The van der Waals surface area contributed by atoms with Crippen LogP contribution in [0.25, 0.3) is 0 Å². The maximum Gasteiger partial charge on any atom is 0.322 e. The monoisotopic (exact) mass is 233 g/mol. The Kier molecular flexibility index (Phi) is 2.55. The van der Waals surface area contributed by atoms with Crippen LogP contribution in [0.3, 0.4) is 0 Å². The molecule has 0 saturated carbocycles. The number of nitrogens with one attached hydrogen (secondary N) is 3. The van der Waals surface area contributed by atoms with Gasteiger partial charge in [-0.15, -0.1) is 0 Å². The summed E-state index contributed by atoms with van der Waals surface area (Å²) in [6.45, 7) is 1.35. The molecule has 1 fully saturated rings. The number of imide groups is 1. The van der Waals surface area contributed by atoms with E-state index in [2.05, 4.69) is 10.6 Å². The molecular weight excluding hydrogens is 222 g/mol. The van der Waals surface area contributed by atoms with Crippen molar-refractivity contribution in [3.8, 4) is 0 Å². The van der Waals surface area contributed by atoms with Gasteiger partial charge < -0.3 is 10.6 Å². The molecule has 1 aromatic rings. The van der Waals surface area contributed by atoms with Gasteiger partial charge in [-0.25, -0.2) is 4.79 Å². The molecule has 0 spiro atoms. The molecule has 4 amide bonds. The molecule has 0 bridgehead atoms. The summed E-state index contributed by atoms with van der Waals surface area (Å²) in [4.78, 5) is 34.4. The highest BCUT2D eigenvalue weighted by molar-refractivity contribution is 6.22. The van der Waals surface area contributed by atoms with Crippen molar-refractivity contribution in [2.75, 3.05) is 5.32 Å². The van der Waals surface area contributed by atoms with E-state index in [1.165, 1.54) is 6.92 Å². The van der Waals surface area contributed by atoms with E-state index in [9.17, 15) is 14.4 Å². The largest absolute Gasteiger partial charge is 0.324 e. The lowest BCUT2D eigenvalue weighted by Crippen LogP contribution is -2.53. The predicted molar refractivity (Wildman–Crippen MR) is 60.2 cm³/mol. The Balaban J connectivity index is 2.16. The van der Waals surface area contributed by atoms with E-state index in [0.717, 1.165) is 0 Å². The summed E-state index contributed by atoms with van der Waals surface area (Å²) >= 11 is 0. The Morgan fingerprint density at radius 3 is 2.41 bits per heavy atom. The number of anilines is 1. The number of hydrogen-bond acceptors (Lipinski definition) is 3.